The number of nitrogens with zero attached hydrogens (tertiary/aromatic N) is 1. The van der Waals surface area contributed by atoms with E-state index < -0.39 is 17.7 Å². The predicted molar refractivity (Wildman–Crippen MR) is 102 cm³/mol. The fourth-order valence-corrected chi connectivity index (χ4v) is 2.26. The molecule has 1 rings (SSSR count). The summed E-state index contributed by atoms with van der Waals surface area (Å²) >= 11 is 0. The predicted octanol–water partition coefficient (Wildman–Crippen LogP) is 3.36. The van der Waals surface area contributed by atoms with Gasteiger partial charge in [0.05, 0.1) is 6.61 Å². The fourth-order valence-electron chi connectivity index (χ4n) is 2.26. The first kappa shape index (κ1) is 22.0. The summed E-state index contributed by atoms with van der Waals surface area (Å²) in [6.07, 6.45) is 0.201. The molecule has 146 valence electrons. The highest BCUT2D eigenvalue weighted by atomic mass is 16.6. The van der Waals surface area contributed by atoms with Gasteiger partial charge in [0.15, 0.2) is 0 Å². The molecule has 0 aliphatic carbocycles. The summed E-state index contributed by atoms with van der Waals surface area (Å²) in [5.74, 6) is -0.428. The number of amides is 1. The van der Waals surface area contributed by atoms with Crippen LogP contribution in [-0.4, -0.2) is 48.3 Å². The van der Waals surface area contributed by atoms with Gasteiger partial charge in [-0.05, 0) is 46.6 Å². The number of rotatable bonds is 9. The molecule has 0 fully saturated rings. The van der Waals surface area contributed by atoms with E-state index in [9.17, 15) is 9.59 Å². The van der Waals surface area contributed by atoms with E-state index in [0.29, 0.717) is 13.0 Å². The van der Waals surface area contributed by atoms with Crippen molar-refractivity contribution in [2.24, 2.45) is 0 Å². The molecule has 0 heterocycles. The van der Waals surface area contributed by atoms with Gasteiger partial charge in [0.1, 0.15) is 12.1 Å². The third-order valence-electron chi connectivity index (χ3n) is 3.61. The summed E-state index contributed by atoms with van der Waals surface area (Å²) in [5.41, 5.74) is 0.594. The molecular formula is C20H32N2O4. The van der Waals surface area contributed by atoms with Crippen LogP contribution in [0.25, 0.3) is 0 Å². The number of ether oxygens (including phenoxy) is 2. The average molecular weight is 364 g/mol. The van der Waals surface area contributed by atoms with Gasteiger partial charge in [0, 0.05) is 19.1 Å². The monoisotopic (exact) mass is 364 g/mol. The highest BCUT2D eigenvalue weighted by Crippen LogP contribution is 2.11. The molecular weight excluding hydrogens is 332 g/mol. The van der Waals surface area contributed by atoms with E-state index in [1.165, 1.54) is 10.5 Å². The Kier molecular flexibility index (Phi) is 9.13. The lowest BCUT2D eigenvalue weighted by molar-refractivity contribution is -0.144. The second-order valence-corrected chi connectivity index (χ2v) is 7.26. The fraction of sp³-hybridized carbons (Fsp3) is 0.600. The van der Waals surface area contributed by atoms with Crippen LogP contribution in [0.5, 0.6) is 0 Å². The van der Waals surface area contributed by atoms with Crippen LogP contribution < -0.4 is 5.32 Å². The number of nitrogens with one attached hydrogen (secondary N) is 1. The minimum absolute atomic E-state index is 0.103. The standard InChI is InChI=1S/C20H32N2O4/c1-6-25-18(23)15-22(19(24)26-20(3,4)5)13-12-16(2)21-14-17-10-8-7-9-11-17/h7-11,16,21H,6,12-15H2,1-5H3. The Balaban J connectivity index is 2.54. The van der Waals surface area contributed by atoms with Crippen LogP contribution in [0.3, 0.4) is 0 Å². The van der Waals surface area contributed by atoms with Gasteiger partial charge in [-0.2, -0.15) is 0 Å². The number of carbonyl (C=O) groups excluding carboxylic acids is 2. The minimum Gasteiger partial charge on any atom is -0.465 e. The van der Waals surface area contributed by atoms with Gasteiger partial charge >= 0.3 is 12.1 Å². The Bertz CT molecular complexity index is 555. The van der Waals surface area contributed by atoms with Crippen LogP contribution in [0.15, 0.2) is 30.3 Å². The zero-order valence-electron chi connectivity index (χ0n) is 16.6. The van der Waals surface area contributed by atoms with Gasteiger partial charge < -0.3 is 14.8 Å². The molecule has 26 heavy (non-hydrogen) atoms. The molecule has 0 aromatic heterocycles. The summed E-state index contributed by atoms with van der Waals surface area (Å²) < 4.78 is 10.4. The molecule has 1 amide bonds. The molecule has 1 aromatic rings. The van der Waals surface area contributed by atoms with Crippen LogP contribution in [-0.2, 0) is 20.8 Å². The normalized spacial score (nSPS) is 12.3. The van der Waals surface area contributed by atoms with Crippen molar-refractivity contribution in [1.82, 2.24) is 10.2 Å². The van der Waals surface area contributed by atoms with Crippen molar-refractivity contribution < 1.29 is 19.1 Å². The molecule has 1 aromatic carbocycles. The lowest BCUT2D eigenvalue weighted by Crippen LogP contribution is -2.42. The van der Waals surface area contributed by atoms with Crippen LogP contribution >= 0.6 is 0 Å². The first-order valence-electron chi connectivity index (χ1n) is 9.12. The summed E-state index contributed by atoms with van der Waals surface area (Å²) in [5, 5.41) is 3.42. The van der Waals surface area contributed by atoms with E-state index in [2.05, 4.69) is 24.4 Å². The average Bonchev–Trinajstić information content (AvgIpc) is 2.56. The maximum Gasteiger partial charge on any atom is 0.410 e. The molecule has 1 N–H and O–H groups in total. The zero-order chi connectivity index (χ0) is 19.6. The smallest absolute Gasteiger partial charge is 0.410 e. The summed E-state index contributed by atoms with van der Waals surface area (Å²) in [6.45, 7) is 10.6. The van der Waals surface area contributed by atoms with Crippen molar-refractivity contribution in [1.29, 1.82) is 0 Å². The van der Waals surface area contributed by atoms with Crippen LogP contribution in [0.2, 0.25) is 0 Å². The van der Waals surface area contributed by atoms with Crippen molar-refractivity contribution in [3.63, 3.8) is 0 Å². The highest BCUT2D eigenvalue weighted by Gasteiger charge is 2.24. The van der Waals surface area contributed by atoms with Crippen molar-refractivity contribution in [2.45, 2.75) is 59.2 Å². The van der Waals surface area contributed by atoms with Gasteiger partial charge in [-0.1, -0.05) is 30.3 Å². The third kappa shape index (κ3) is 9.42. The van der Waals surface area contributed by atoms with E-state index in [1.807, 2.05) is 18.2 Å². The number of esters is 1. The van der Waals surface area contributed by atoms with Crippen molar-refractivity contribution >= 4 is 12.1 Å². The maximum absolute atomic E-state index is 12.4. The van der Waals surface area contributed by atoms with Crippen molar-refractivity contribution in [3.8, 4) is 0 Å². The first-order valence-corrected chi connectivity index (χ1v) is 9.12. The minimum atomic E-state index is -0.610. The molecule has 1 unspecified atom stereocenters. The molecule has 6 heteroatoms. The summed E-state index contributed by atoms with van der Waals surface area (Å²) in [6, 6.07) is 10.3. The van der Waals surface area contributed by atoms with Gasteiger partial charge in [0.25, 0.3) is 0 Å². The van der Waals surface area contributed by atoms with Crippen LogP contribution in [0.1, 0.15) is 46.6 Å². The molecule has 0 bridgehead atoms. The number of hydrogen-bond donors (Lipinski definition) is 1. The van der Waals surface area contributed by atoms with E-state index in [-0.39, 0.29) is 19.2 Å². The first-order chi connectivity index (χ1) is 12.2. The second kappa shape index (κ2) is 10.8. The molecule has 0 spiro atoms. The molecule has 0 saturated carbocycles. The molecule has 6 nitrogen and oxygen atoms in total. The van der Waals surface area contributed by atoms with Crippen molar-refractivity contribution in [2.75, 3.05) is 19.7 Å². The van der Waals surface area contributed by atoms with E-state index in [0.717, 1.165) is 6.54 Å². The Morgan fingerprint density at radius 2 is 1.85 bits per heavy atom. The number of carbonyl (C=O) groups is 2. The van der Waals surface area contributed by atoms with E-state index in [1.54, 1.807) is 27.7 Å². The van der Waals surface area contributed by atoms with Gasteiger partial charge in [0.2, 0.25) is 0 Å². The Morgan fingerprint density at radius 1 is 1.19 bits per heavy atom. The Labute approximate surface area is 156 Å². The highest BCUT2D eigenvalue weighted by molar-refractivity contribution is 5.78. The summed E-state index contributed by atoms with van der Waals surface area (Å²) in [7, 11) is 0. The Hall–Kier alpha value is -2.08. The summed E-state index contributed by atoms with van der Waals surface area (Å²) in [4.78, 5) is 25.6. The van der Waals surface area contributed by atoms with Crippen LogP contribution in [0, 0.1) is 0 Å². The van der Waals surface area contributed by atoms with E-state index in [4.69, 9.17) is 9.47 Å². The molecule has 0 radical (unpaired) electrons. The largest absolute Gasteiger partial charge is 0.465 e. The van der Waals surface area contributed by atoms with Gasteiger partial charge in [-0.15, -0.1) is 0 Å². The van der Waals surface area contributed by atoms with Crippen molar-refractivity contribution in [3.05, 3.63) is 35.9 Å². The number of benzene rings is 1. The third-order valence-corrected chi connectivity index (χ3v) is 3.61. The Morgan fingerprint density at radius 3 is 2.42 bits per heavy atom. The molecule has 0 aliphatic rings. The van der Waals surface area contributed by atoms with Gasteiger partial charge in [-0.25, -0.2) is 4.79 Å². The maximum atomic E-state index is 12.4. The second-order valence-electron chi connectivity index (χ2n) is 7.26. The topological polar surface area (TPSA) is 67.9 Å². The van der Waals surface area contributed by atoms with Crippen LogP contribution in [0.4, 0.5) is 4.79 Å². The quantitative estimate of drug-likeness (QED) is 0.681. The number of hydrogen-bond acceptors (Lipinski definition) is 5. The zero-order valence-corrected chi connectivity index (χ0v) is 16.6. The van der Waals surface area contributed by atoms with E-state index >= 15 is 0 Å². The van der Waals surface area contributed by atoms with Gasteiger partial charge in [-0.3, -0.25) is 9.69 Å². The lowest BCUT2D eigenvalue weighted by Gasteiger charge is -2.27. The molecule has 0 saturated heterocycles. The molecule has 0 aliphatic heterocycles. The SMILES string of the molecule is CCOC(=O)CN(CCC(C)NCc1ccccc1)C(=O)OC(C)(C)C. The lowest BCUT2D eigenvalue weighted by atomic mass is 10.2. The molecule has 1 atom stereocenters.